The molecule has 120 valence electrons. The van der Waals surface area contributed by atoms with Gasteiger partial charge in [0.1, 0.15) is 6.10 Å². The molecule has 1 fully saturated rings. The molecule has 0 N–H and O–H groups in total. The largest absolute Gasteiger partial charge is 0.483 e. The van der Waals surface area contributed by atoms with Crippen molar-refractivity contribution in [3.8, 4) is 5.75 Å². The van der Waals surface area contributed by atoms with Crippen LogP contribution in [0.2, 0.25) is 0 Å². The van der Waals surface area contributed by atoms with E-state index in [4.69, 9.17) is 4.74 Å². The van der Waals surface area contributed by atoms with Crippen LogP contribution in [0.1, 0.15) is 17.9 Å². The molecule has 23 heavy (non-hydrogen) atoms. The summed E-state index contributed by atoms with van der Waals surface area (Å²) in [6, 6.07) is 16.8. The molecule has 2 atom stereocenters. The van der Waals surface area contributed by atoms with Crippen LogP contribution in [0.5, 0.6) is 5.75 Å². The Hall–Kier alpha value is -2.40. The van der Waals surface area contributed by atoms with Crippen molar-refractivity contribution >= 4 is 5.69 Å². The van der Waals surface area contributed by atoms with Gasteiger partial charge >= 0.3 is 5.69 Å². The van der Waals surface area contributed by atoms with Crippen LogP contribution in [0.25, 0.3) is 0 Å². The standard InChI is InChI=1S/C18H20N2O3/c1-19-12-11-17(15(13-19)14-7-3-2-4-8-14)23-18-10-6-5-9-16(18)20(21)22/h2-10,15,17H,11-13H2,1H3/t15-,17+/m1/s1. The molecule has 0 radical (unpaired) electrons. The molecule has 0 bridgehead atoms. The number of benzene rings is 2. The topological polar surface area (TPSA) is 55.6 Å². The Morgan fingerprint density at radius 2 is 1.83 bits per heavy atom. The van der Waals surface area contributed by atoms with Crippen LogP contribution in [0.3, 0.4) is 0 Å². The van der Waals surface area contributed by atoms with E-state index < -0.39 is 0 Å². The van der Waals surface area contributed by atoms with Gasteiger partial charge in [0.25, 0.3) is 0 Å². The average molecular weight is 312 g/mol. The predicted molar refractivity (Wildman–Crippen MR) is 88.8 cm³/mol. The summed E-state index contributed by atoms with van der Waals surface area (Å²) in [6.45, 7) is 1.81. The Labute approximate surface area is 135 Å². The van der Waals surface area contributed by atoms with Gasteiger partial charge in [-0.05, 0) is 25.1 Å². The molecule has 5 nitrogen and oxygen atoms in total. The molecule has 2 aromatic carbocycles. The molecule has 0 aromatic heterocycles. The first kappa shape index (κ1) is 15.5. The maximum Gasteiger partial charge on any atom is 0.310 e. The van der Waals surface area contributed by atoms with Gasteiger partial charge in [-0.2, -0.15) is 0 Å². The Bertz CT molecular complexity index is 675. The van der Waals surface area contributed by atoms with Crippen LogP contribution in [0, 0.1) is 10.1 Å². The monoisotopic (exact) mass is 312 g/mol. The van der Waals surface area contributed by atoms with Crippen LogP contribution < -0.4 is 4.74 Å². The van der Waals surface area contributed by atoms with E-state index in [0.29, 0.717) is 5.75 Å². The lowest BCUT2D eigenvalue weighted by atomic mass is 9.88. The first-order valence-corrected chi connectivity index (χ1v) is 7.78. The maximum absolute atomic E-state index is 11.2. The highest BCUT2D eigenvalue weighted by Crippen LogP contribution is 2.34. The molecule has 0 aliphatic carbocycles. The summed E-state index contributed by atoms with van der Waals surface area (Å²) in [5.41, 5.74) is 1.24. The lowest BCUT2D eigenvalue weighted by molar-refractivity contribution is -0.386. The van der Waals surface area contributed by atoms with Crippen LogP contribution in [-0.4, -0.2) is 36.1 Å². The molecular formula is C18H20N2O3. The first-order chi connectivity index (χ1) is 11.1. The van der Waals surface area contributed by atoms with Crippen molar-refractivity contribution in [3.63, 3.8) is 0 Å². The minimum absolute atomic E-state index is 0.0261. The summed E-state index contributed by atoms with van der Waals surface area (Å²) < 4.78 is 6.09. The maximum atomic E-state index is 11.2. The van der Waals surface area contributed by atoms with Gasteiger partial charge in [0, 0.05) is 25.1 Å². The zero-order valence-electron chi connectivity index (χ0n) is 13.1. The van der Waals surface area contributed by atoms with E-state index in [1.165, 1.54) is 11.6 Å². The second-order valence-electron chi connectivity index (χ2n) is 5.95. The van der Waals surface area contributed by atoms with E-state index >= 15 is 0 Å². The summed E-state index contributed by atoms with van der Waals surface area (Å²) >= 11 is 0. The molecule has 5 heteroatoms. The van der Waals surface area contributed by atoms with Gasteiger partial charge < -0.3 is 9.64 Å². The third-order valence-electron chi connectivity index (χ3n) is 4.32. The van der Waals surface area contributed by atoms with Gasteiger partial charge in [0.15, 0.2) is 5.75 Å². The molecule has 0 amide bonds. The van der Waals surface area contributed by atoms with Crippen molar-refractivity contribution in [3.05, 3.63) is 70.3 Å². The van der Waals surface area contributed by atoms with E-state index in [2.05, 4.69) is 24.1 Å². The van der Waals surface area contributed by atoms with Crippen molar-refractivity contribution in [2.24, 2.45) is 0 Å². The third-order valence-corrected chi connectivity index (χ3v) is 4.32. The SMILES string of the molecule is CN1CC[C@H](Oc2ccccc2[N+](=O)[O-])[C@@H](c2ccccc2)C1. The zero-order chi connectivity index (χ0) is 16.2. The fourth-order valence-electron chi connectivity index (χ4n) is 3.13. The summed E-state index contributed by atoms with van der Waals surface area (Å²) in [5.74, 6) is 0.558. The average Bonchev–Trinajstić information content (AvgIpc) is 2.57. The number of ether oxygens (including phenoxy) is 1. The van der Waals surface area contributed by atoms with Gasteiger partial charge in [-0.1, -0.05) is 42.5 Å². The molecule has 2 aromatic rings. The number of nitro groups is 1. The van der Waals surface area contributed by atoms with Crippen molar-refractivity contribution in [2.45, 2.75) is 18.4 Å². The molecule has 1 heterocycles. The number of rotatable bonds is 4. The molecule has 0 spiro atoms. The number of hydrogen-bond donors (Lipinski definition) is 0. The molecule has 0 saturated carbocycles. The Morgan fingerprint density at radius 3 is 2.57 bits per heavy atom. The number of piperidine rings is 1. The number of nitrogens with zero attached hydrogens (tertiary/aromatic N) is 2. The lowest BCUT2D eigenvalue weighted by Gasteiger charge is -2.37. The van der Waals surface area contributed by atoms with Gasteiger partial charge in [-0.3, -0.25) is 10.1 Å². The van der Waals surface area contributed by atoms with Crippen LogP contribution in [-0.2, 0) is 0 Å². The van der Waals surface area contributed by atoms with Gasteiger partial charge in [0.2, 0.25) is 0 Å². The molecule has 1 aliphatic heterocycles. The predicted octanol–water partition coefficient (Wildman–Crippen LogP) is 3.46. The lowest BCUT2D eigenvalue weighted by Crippen LogP contribution is -2.42. The molecule has 3 rings (SSSR count). The summed E-state index contributed by atoms with van der Waals surface area (Å²) in [6.07, 6.45) is 0.789. The number of likely N-dealkylation sites (N-methyl/N-ethyl adjacent to an activating group) is 1. The first-order valence-electron chi connectivity index (χ1n) is 7.78. The normalized spacial score (nSPS) is 21.8. The zero-order valence-corrected chi connectivity index (χ0v) is 13.1. The number of para-hydroxylation sites is 2. The summed E-state index contributed by atoms with van der Waals surface area (Å²) in [5, 5.41) is 11.2. The van der Waals surface area contributed by atoms with E-state index in [1.807, 2.05) is 18.2 Å². The summed E-state index contributed by atoms with van der Waals surface area (Å²) in [7, 11) is 2.09. The van der Waals surface area contributed by atoms with E-state index in [1.54, 1.807) is 18.2 Å². The van der Waals surface area contributed by atoms with Crippen molar-refractivity contribution in [1.29, 1.82) is 0 Å². The molecule has 1 saturated heterocycles. The van der Waals surface area contributed by atoms with E-state index in [0.717, 1.165) is 19.5 Å². The molecule has 0 unspecified atom stereocenters. The fourth-order valence-corrected chi connectivity index (χ4v) is 3.13. The van der Waals surface area contributed by atoms with Crippen LogP contribution in [0.4, 0.5) is 5.69 Å². The van der Waals surface area contributed by atoms with Crippen molar-refractivity contribution in [1.82, 2.24) is 4.90 Å². The van der Waals surface area contributed by atoms with Crippen LogP contribution in [0.15, 0.2) is 54.6 Å². The number of nitro benzene ring substituents is 1. The minimum Gasteiger partial charge on any atom is -0.483 e. The Kier molecular flexibility index (Phi) is 4.57. The van der Waals surface area contributed by atoms with Gasteiger partial charge in [-0.25, -0.2) is 0 Å². The smallest absolute Gasteiger partial charge is 0.310 e. The molecular weight excluding hydrogens is 292 g/mol. The van der Waals surface area contributed by atoms with Crippen molar-refractivity contribution < 1.29 is 9.66 Å². The van der Waals surface area contributed by atoms with E-state index in [9.17, 15) is 10.1 Å². The second kappa shape index (κ2) is 6.79. The fraction of sp³-hybridized carbons (Fsp3) is 0.333. The highest BCUT2D eigenvalue weighted by Gasteiger charge is 2.32. The quantitative estimate of drug-likeness (QED) is 0.641. The van der Waals surface area contributed by atoms with Crippen molar-refractivity contribution in [2.75, 3.05) is 20.1 Å². The Morgan fingerprint density at radius 1 is 1.13 bits per heavy atom. The highest BCUT2D eigenvalue weighted by atomic mass is 16.6. The van der Waals surface area contributed by atoms with E-state index in [-0.39, 0.29) is 22.6 Å². The third kappa shape index (κ3) is 3.51. The van der Waals surface area contributed by atoms with Crippen LogP contribution >= 0.6 is 0 Å². The Balaban J connectivity index is 1.87. The molecule has 1 aliphatic rings. The van der Waals surface area contributed by atoms with Gasteiger partial charge in [0.05, 0.1) is 4.92 Å². The summed E-state index contributed by atoms with van der Waals surface area (Å²) in [4.78, 5) is 13.1. The van der Waals surface area contributed by atoms with Gasteiger partial charge in [-0.15, -0.1) is 0 Å². The number of hydrogen-bond acceptors (Lipinski definition) is 4. The number of likely N-dealkylation sites (tertiary alicyclic amines) is 1. The highest BCUT2D eigenvalue weighted by molar-refractivity contribution is 5.46. The minimum atomic E-state index is -0.387. The second-order valence-corrected chi connectivity index (χ2v) is 5.95.